The number of dihydropyridines is 1. The predicted molar refractivity (Wildman–Crippen MR) is 146 cm³/mol. The summed E-state index contributed by atoms with van der Waals surface area (Å²) in [5.74, 6) is 1.08. The van der Waals surface area contributed by atoms with Crippen molar-refractivity contribution >= 4 is 22.3 Å². The first-order valence-corrected chi connectivity index (χ1v) is 12.1. The highest BCUT2D eigenvalue weighted by atomic mass is 15.3. The molecule has 1 atom stereocenters. The van der Waals surface area contributed by atoms with Gasteiger partial charge in [0.2, 0.25) is 0 Å². The van der Waals surface area contributed by atoms with Crippen LogP contribution >= 0.6 is 0 Å². The lowest BCUT2D eigenvalue weighted by atomic mass is 9.98. The summed E-state index contributed by atoms with van der Waals surface area (Å²) in [5.41, 5.74) is 9.66. The minimum atomic E-state index is 0.263. The lowest BCUT2D eigenvalue weighted by molar-refractivity contribution is 0.703. The van der Waals surface area contributed by atoms with Crippen LogP contribution in [0.4, 0.5) is 11.4 Å². The van der Waals surface area contributed by atoms with Crippen molar-refractivity contribution in [3.63, 3.8) is 0 Å². The van der Waals surface area contributed by atoms with E-state index in [-0.39, 0.29) is 6.04 Å². The fraction of sp³-hybridized carbons (Fsp3) is 0.0625. The molecule has 3 nitrogen and oxygen atoms in total. The zero-order valence-electron chi connectivity index (χ0n) is 19.5. The molecule has 0 bridgehead atoms. The molecule has 4 aromatic carbocycles. The Balaban J connectivity index is 1.66. The highest BCUT2D eigenvalue weighted by Crippen LogP contribution is 2.53. The molecule has 3 heterocycles. The summed E-state index contributed by atoms with van der Waals surface area (Å²) < 4.78 is 2.43. The van der Waals surface area contributed by atoms with E-state index in [2.05, 4.69) is 143 Å². The number of hydrogen-bond donors (Lipinski definition) is 1. The Kier molecular flexibility index (Phi) is 4.43. The number of allylic oxidation sites excluding steroid dienone is 2. The van der Waals surface area contributed by atoms with Gasteiger partial charge in [0.05, 0.1) is 22.6 Å². The quantitative estimate of drug-likeness (QED) is 0.295. The van der Waals surface area contributed by atoms with Gasteiger partial charge in [0.25, 0.3) is 0 Å². The third-order valence-corrected chi connectivity index (χ3v) is 6.97. The number of fused-ring (bicyclic) bond motifs is 7. The minimum absolute atomic E-state index is 0.263. The molecular formula is C32H25N3. The van der Waals surface area contributed by atoms with E-state index in [1.54, 1.807) is 0 Å². The van der Waals surface area contributed by atoms with Crippen LogP contribution in [0.3, 0.4) is 0 Å². The Morgan fingerprint density at radius 1 is 0.686 bits per heavy atom. The van der Waals surface area contributed by atoms with Gasteiger partial charge in [0, 0.05) is 33.8 Å². The first-order valence-electron chi connectivity index (χ1n) is 12.1. The third kappa shape index (κ3) is 2.98. The van der Waals surface area contributed by atoms with Crippen molar-refractivity contribution in [2.24, 2.45) is 0 Å². The molecular weight excluding hydrogens is 426 g/mol. The van der Waals surface area contributed by atoms with Gasteiger partial charge in [-0.15, -0.1) is 0 Å². The summed E-state index contributed by atoms with van der Waals surface area (Å²) in [4.78, 5) is 2.38. The summed E-state index contributed by atoms with van der Waals surface area (Å²) in [6.45, 7) is 2.19. The van der Waals surface area contributed by atoms with E-state index >= 15 is 0 Å². The number of anilines is 2. The molecule has 0 aliphatic carbocycles. The Morgan fingerprint density at radius 2 is 1.34 bits per heavy atom. The van der Waals surface area contributed by atoms with E-state index in [9.17, 15) is 0 Å². The second kappa shape index (κ2) is 7.78. The number of para-hydroxylation sites is 4. The highest BCUT2D eigenvalue weighted by Gasteiger charge is 2.32. The van der Waals surface area contributed by atoms with Crippen molar-refractivity contribution in [2.75, 3.05) is 4.90 Å². The number of hydrogen-bond acceptors (Lipinski definition) is 2. The Labute approximate surface area is 205 Å². The molecule has 2 aliphatic rings. The van der Waals surface area contributed by atoms with Crippen molar-refractivity contribution in [2.45, 2.75) is 13.0 Å². The molecule has 0 saturated carbocycles. The number of aromatic nitrogens is 1. The lowest BCUT2D eigenvalue weighted by Gasteiger charge is -2.32. The number of nitrogens with one attached hydrogen (secondary N) is 1. The van der Waals surface area contributed by atoms with Crippen LogP contribution in [0.25, 0.3) is 39.0 Å². The zero-order chi connectivity index (χ0) is 23.4. The van der Waals surface area contributed by atoms with Crippen LogP contribution in [0, 0.1) is 0 Å². The molecule has 1 aromatic heterocycles. The lowest BCUT2D eigenvalue weighted by Crippen LogP contribution is -2.35. The van der Waals surface area contributed by atoms with Crippen LogP contribution in [0.2, 0.25) is 0 Å². The summed E-state index contributed by atoms with van der Waals surface area (Å²) in [6.07, 6.45) is 6.51. The van der Waals surface area contributed by atoms with Gasteiger partial charge in [-0.3, -0.25) is 4.90 Å². The Hall–Kier alpha value is -4.50. The van der Waals surface area contributed by atoms with Crippen molar-refractivity contribution in [1.29, 1.82) is 0 Å². The highest BCUT2D eigenvalue weighted by molar-refractivity contribution is 6.12. The predicted octanol–water partition coefficient (Wildman–Crippen LogP) is 7.81. The fourth-order valence-corrected chi connectivity index (χ4v) is 5.53. The van der Waals surface area contributed by atoms with E-state index in [1.807, 2.05) is 0 Å². The maximum absolute atomic E-state index is 3.69. The second-order valence-electron chi connectivity index (χ2n) is 9.15. The molecule has 5 aromatic rings. The average molecular weight is 452 g/mol. The van der Waals surface area contributed by atoms with Gasteiger partial charge in [0.1, 0.15) is 5.82 Å². The normalized spacial score (nSPS) is 16.1. The minimum Gasteiger partial charge on any atom is -0.365 e. The topological polar surface area (TPSA) is 20.2 Å². The van der Waals surface area contributed by atoms with Gasteiger partial charge < -0.3 is 9.88 Å². The van der Waals surface area contributed by atoms with Crippen LogP contribution in [0.5, 0.6) is 0 Å². The molecule has 1 N–H and O–H groups in total. The monoisotopic (exact) mass is 451 g/mol. The van der Waals surface area contributed by atoms with Crippen molar-refractivity contribution in [3.8, 4) is 28.1 Å². The van der Waals surface area contributed by atoms with Crippen LogP contribution in [0.15, 0.2) is 127 Å². The average Bonchev–Trinajstić information content (AvgIpc) is 3.19. The largest absolute Gasteiger partial charge is 0.365 e. The van der Waals surface area contributed by atoms with Crippen LogP contribution in [0.1, 0.15) is 6.92 Å². The summed E-state index contributed by atoms with van der Waals surface area (Å²) in [6, 6.07) is 37.3. The number of benzene rings is 4. The molecule has 0 saturated heterocycles. The molecule has 35 heavy (non-hydrogen) atoms. The molecule has 1 unspecified atom stereocenters. The summed E-state index contributed by atoms with van der Waals surface area (Å²) in [7, 11) is 0. The number of rotatable bonds is 2. The fourth-order valence-electron chi connectivity index (χ4n) is 5.53. The molecule has 0 radical (unpaired) electrons. The molecule has 2 aliphatic heterocycles. The van der Waals surface area contributed by atoms with Gasteiger partial charge in [-0.25, -0.2) is 0 Å². The van der Waals surface area contributed by atoms with Crippen LogP contribution in [-0.2, 0) is 0 Å². The number of nitrogens with zero attached hydrogens (tertiary/aromatic N) is 2. The van der Waals surface area contributed by atoms with Gasteiger partial charge >= 0.3 is 0 Å². The van der Waals surface area contributed by atoms with Crippen molar-refractivity contribution in [3.05, 3.63) is 127 Å². The SMILES string of the molecule is CC1C=CC=C(N2c3ccccc3-c3c(n(-c4ccccc4)c4ccccc34)-c3ccccc32)N1. The summed E-state index contributed by atoms with van der Waals surface area (Å²) >= 11 is 0. The maximum atomic E-state index is 3.69. The third-order valence-electron chi connectivity index (χ3n) is 6.97. The van der Waals surface area contributed by atoms with Crippen LogP contribution in [-0.4, -0.2) is 10.6 Å². The van der Waals surface area contributed by atoms with Crippen molar-refractivity contribution < 1.29 is 0 Å². The van der Waals surface area contributed by atoms with Gasteiger partial charge in [-0.2, -0.15) is 0 Å². The van der Waals surface area contributed by atoms with E-state index < -0.39 is 0 Å². The first-order chi connectivity index (χ1) is 17.3. The maximum Gasteiger partial charge on any atom is 0.111 e. The summed E-state index contributed by atoms with van der Waals surface area (Å²) in [5, 5.41) is 4.95. The van der Waals surface area contributed by atoms with Gasteiger partial charge in [-0.1, -0.05) is 84.9 Å². The van der Waals surface area contributed by atoms with E-state index in [4.69, 9.17) is 0 Å². The molecule has 0 fully saturated rings. The standard InChI is InChI=1S/C32H25N3/c1-22-12-11-21-30(33-22)35-28-19-9-6-16-25(28)31-24-15-5-8-18-27(24)34(23-13-3-2-4-14-23)32(31)26-17-7-10-20-29(26)35/h2-22,33H,1H3. The molecule has 0 amide bonds. The Morgan fingerprint density at radius 3 is 2.14 bits per heavy atom. The van der Waals surface area contributed by atoms with Gasteiger partial charge in [-0.05, 0) is 43.3 Å². The van der Waals surface area contributed by atoms with E-state index in [0.29, 0.717) is 0 Å². The smallest absolute Gasteiger partial charge is 0.111 e. The second-order valence-corrected chi connectivity index (χ2v) is 9.15. The zero-order valence-corrected chi connectivity index (χ0v) is 19.5. The van der Waals surface area contributed by atoms with Crippen molar-refractivity contribution in [1.82, 2.24) is 9.88 Å². The van der Waals surface area contributed by atoms with E-state index in [0.717, 1.165) is 11.5 Å². The molecule has 7 rings (SSSR count). The molecule has 0 spiro atoms. The molecule has 3 heteroatoms. The van der Waals surface area contributed by atoms with Gasteiger partial charge in [0.15, 0.2) is 0 Å². The Bertz CT molecular complexity index is 1640. The molecule has 168 valence electrons. The van der Waals surface area contributed by atoms with Crippen LogP contribution < -0.4 is 10.2 Å². The first kappa shape index (κ1) is 19.9. The van der Waals surface area contributed by atoms with E-state index in [1.165, 1.54) is 44.7 Å².